The first-order chi connectivity index (χ1) is 10.6. The van der Waals surface area contributed by atoms with Crippen LogP contribution in [0.4, 0.5) is 10.5 Å². The van der Waals surface area contributed by atoms with Crippen molar-refractivity contribution in [1.82, 2.24) is 5.32 Å². The number of hydrogen-bond donors (Lipinski definition) is 2. The molecule has 0 radical (unpaired) electrons. The van der Waals surface area contributed by atoms with Gasteiger partial charge in [-0.3, -0.25) is 0 Å². The second kappa shape index (κ2) is 7.92. The average Bonchev–Trinajstić information content (AvgIpc) is 2.51. The molecule has 2 amide bonds. The van der Waals surface area contributed by atoms with Crippen molar-refractivity contribution in [3.8, 4) is 5.75 Å². The Bertz CT molecular complexity index is 645. The number of ether oxygens (including phenoxy) is 1. The fourth-order valence-electron chi connectivity index (χ4n) is 1.80. The van der Waals surface area contributed by atoms with Crippen LogP contribution in [-0.2, 0) is 6.54 Å². The zero-order valence-corrected chi connectivity index (χ0v) is 13.5. The van der Waals surface area contributed by atoms with Gasteiger partial charge in [0.15, 0.2) is 0 Å². The molecule has 116 valence electrons. The molecule has 0 aromatic heterocycles. The van der Waals surface area contributed by atoms with E-state index >= 15 is 0 Å². The van der Waals surface area contributed by atoms with E-state index in [0.29, 0.717) is 28.9 Å². The first-order valence-electron chi connectivity index (χ1n) is 6.80. The lowest BCUT2D eigenvalue weighted by Crippen LogP contribution is -2.28. The Morgan fingerprint density at radius 2 is 1.82 bits per heavy atom. The minimum Gasteiger partial charge on any atom is -0.494 e. The maximum Gasteiger partial charge on any atom is 0.319 e. The number of urea groups is 1. The smallest absolute Gasteiger partial charge is 0.319 e. The molecule has 0 aliphatic rings. The quantitative estimate of drug-likeness (QED) is 0.829. The predicted octanol–water partition coefficient (Wildman–Crippen LogP) is 4.71. The summed E-state index contributed by atoms with van der Waals surface area (Å²) in [5.74, 6) is 0.812. The van der Waals surface area contributed by atoms with E-state index in [1.165, 1.54) is 0 Å². The van der Waals surface area contributed by atoms with Crippen LogP contribution in [0.15, 0.2) is 42.5 Å². The molecule has 2 N–H and O–H groups in total. The van der Waals surface area contributed by atoms with Crippen molar-refractivity contribution in [1.29, 1.82) is 0 Å². The molecule has 0 bridgehead atoms. The lowest BCUT2D eigenvalue weighted by atomic mass is 10.2. The SMILES string of the molecule is CCOc1ccc(CNC(=O)Nc2ccc(Cl)c(Cl)c2)cc1. The topological polar surface area (TPSA) is 50.4 Å². The summed E-state index contributed by atoms with van der Waals surface area (Å²) < 4.78 is 5.36. The van der Waals surface area contributed by atoms with Gasteiger partial charge in [-0.05, 0) is 42.8 Å². The van der Waals surface area contributed by atoms with Gasteiger partial charge in [-0.25, -0.2) is 4.79 Å². The third-order valence-corrected chi connectivity index (χ3v) is 3.60. The van der Waals surface area contributed by atoms with Gasteiger partial charge in [0.2, 0.25) is 0 Å². The van der Waals surface area contributed by atoms with E-state index < -0.39 is 0 Å². The Kier molecular flexibility index (Phi) is 5.92. The number of carbonyl (C=O) groups excluding carboxylic acids is 1. The zero-order chi connectivity index (χ0) is 15.9. The third-order valence-electron chi connectivity index (χ3n) is 2.86. The van der Waals surface area contributed by atoms with E-state index in [2.05, 4.69) is 10.6 Å². The molecule has 0 atom stereocenters. The minimum absolute atomic E-state index is 0.313. The molecule has 0 fully saturated rings. The Hall–Kier alpha value is -1.91. The molecule has 6 heteroatoms. The summed E-state index contributed by atoms with van der Waals surface area (Å²) in [4.78, 5) is 11.8. The summed E-state index contributed by atoms with van der Waals surface area (Å²) in [7, 11) is 0. The maximum atomic E-state index is 11.8. The first-order valence-corrected chi connectivity index (χ1v) is 7.55. The fraction of sp³-hybridized carbons (Fsp3) is 0.188. The highest BCUT2D eigenvalue weighted by Crippen LogP contribution is 2.24. The van der Waals surface area contributed by atoms with Crippen LogP contribution >= 0.6 is 23.2 Å². The van der Waals surface area contributed by atoms with E-state index in [1.807, 2.05) is 31.2 Å². The minimum atomic E-state index is -0.313. The van der Waals surface area contributed by atoms with Crippen molar-refractivity contribution in [2.75, 3.05) is 11.9 Å². The monoisotopic (exact) mass is 338 g/mol. The van der Waals surface area contributed by atoms with E-state index in [9.17, 15) is 4.79 Å². The average molecular weight is 339 g/mol. The summed E-state index contributed by atoms with van der Waals surface area (Å²) in [6, 6.07) is 12.2. The van der Waals surface area contributed by atoms with E-state index in [1.54, 1.807) is 18.2 Å². The summed E-state index contributed by atoms with van der Waals surface area (Å²) in [6.07, 6.45) is 0. The largest absolute Gasteiger partial charge is 0.494 e. The summed E-state index contributed by atoms with van der Waals surface area (Å²) >= 11 is 11.7. The number of benzene rings is 2. The van der Waals surface area contributed by atoms with Crippen LogP contribution in [0, 0.1) is 0 Å². The second-order valence-corrected chi connectivity index (χ2v) is 5.33. The number of rotatable bonds is 5. The Balaban J connectivity index is 1.85. The van der Waals surface area contributed by atoms with Gasteiger partial charge in [-0.1, -0.05) is 35.3 Å². The van der Waals surface area contributed by atoms with Crippen molar-refractivity contribution in [2.45, 2.75) is 13.5 Å². The highest BCUT2D eigenvalue weighted by atomic mass is 35.5. The molecule has 2 rings (SSSR count). The van der Waals surface area contributed by atoms with Crippen molar-refractivity contribution in [2.24, 2.45) is 0 Å². The van der Waals surface area contributed by atoms with E-state index in [4.69, 9.17) is 27.9 Å². The van der Waals surface area contributed by atoms with Crippen LogP contribution in [0.2, 0.25) is 10.0 Å². The van der Waals surface area contributed by atoms with E-state index in [-0.39, 0.29) is 6.03 Å². The van der Waals surface area contributed by atoms with Crippen molar-refractivity contribution < 1.29 is 9.53 Å². The van der Waals surface area contributed by atoms with Gasteiger partial charge in [0, 0.05) is 12.2 Å². The molecule has 0 aliphatic heterocycles. The second-order valence-electron chi connectivity index (χ2n) is 4.51. The van der Waals surface area contributed by atoms with Gasteiger partial charge >= 0.3 is 6.03 Å². The maximum absolute atomic E-state index is 11.8. The van der Waals surface area contributed by atoms with Crippen LogP contribution in [-0.4, -0.2) is 12.6 Å². The molecular weight excluding hydrogens is 323 g/mol. The lowest BCUT2D eigenvalue weighted by molar-refractivity contribution is 0.251. The highest BCUT2D eigenvalue weighted by Gasteiger charge is 2.04. The molecule has 0 saturated carbocycles. The predicted molar refractivity (Wildman–Crippen MR) is 89.9 cm³/mol. The van der Waals surface area contributed by atoms with E-state index in [0.717, 1.165) is 11.3 Å². The fourth-order valence-corrected chi connectivity index (χ4v) is 2.10. The van der Waals surface area contributed by atoms with Crippen LogP contribution in [0.3, 0.4) is 0 Å². The standard InChI is InChI=1S/C16H16Cl2N2O2/c1-2-22-13-6-3-11(4-7-13)10-19-16(21)20-12-5-8-14(17)15(18)9-12/h3-9H,2,10H2,1H3,(H2,19,20,21). The Labute approximate surface area is 139 Å². The van der Waals surface area contributed by atoms with Crippen LogP contribution in [0.1, 0.15) is 12.5 Å². The van der Waals surface area contributed by atoms with Crippen LogP contribution < -0.4 is 15.4 Å². The Morgan fingerprint density at radius 3 is 2.45 bits per heavy atom. The number of halogens is 2. The molecule has 0 saturated heterocycles. The molecule has 0 unspecified atom stereocenters. The van der Waals surface area contributed by atoms with Gasteiger partial charge in [-0.2, -0.15) is 0 Å². The normalized spacial score (nSPS) is 10.1. The van der Waals surface area contributed by atoms with Gasteiger partial charge in [0.05, 0.1) is 16.7 Å². The molecule has 0 heterocycles. The number of anilines is 1. The van der Waals surface area contributed by atoms with Crippen molar-refractivity contribution in [3.63, 3.8) is 0 Å². The summed E-state index contributed by atoms with van der Waals surface area (Å²) in [6.45, 7) is 2.98. The Morgan fingerprint density at radius 1 is 1.09 bits per heavy atom. The summed E-state index contributed by atoms with van der Waals surface area (Å²) in [5.41, 5.74) is 1.56. The number of hydrogen-bond acceptors (Lipinski definition) is 2. The summed E-state index contributed by atoms with van der Waals surface area (Å²) in [5, 5.41) is 6.30. The number of carbonyl (C=O) groups is 1. The van der Waals surface area contributed by atoms with Crippen molar-refractivity contribution >= 4 is 34.9 Å². The highest BCUT2D eigenvalue weighted by molar-refractivity contribution is 6.42. The van der Waals surface area contributed by atoms with Gasteiger partial charge in [0.25, 0.3) is 0 Å². The van der Waals surface area contributed by atoms with Gasteiger partial charge < -0.3 is 15.4 Å². The third kappa shape index (κ3) is 4.83. The number of nitrogens with one attached hydrogen (secondary N) is 2. The molecular formula is C16H16Cl2N2O2. The zero-order valence-electron chi connectivity index (χ0n) is 12.0. The molecule has 0 aliphatic carbocycles. The molecule has 0 spiro atoms. The molecule has 2 aromatic rings. The van der Waals surface area contributed by atoms with Gasteiger partial charge in [0.1, 0.15) is 5.75 Å². The molecule has 22 heavy (non-hydrogen) atoms. The lowest BCUT2D eigenvalue weighted by Gasteiger charge is -2.09. The van der Waals surface area contributed by atoms with Crippen LogP contribution in [0.5, 0.6) is 5.75 Å². The first kappa shape index (κ1) is 16.5. The van der Waals surface area contributed by atoms with Crippen LogP contribution in [0.25, 0.3) is 0 Å². The number of amides is 2. The van der Waals surface area contributed by atoms with Gasteiger partial charge in [-0.15, -0.1) is 0 Å². The molecule has 4 nitrogen and oxygen atoms in total. The van der Waals surface area contributed by atoms with Crippen molar-refractivity contribution in [3.05, 3.63) is 58.1 Å². The molecule has 2 aromatic carbocycles.